The number of hydrogen-bond acceptors (Lipinski definition) is 4. The highest BCUT2D eigenvalue weighted by Crippen LogP contribution is 2.26. The van der Waals surface area contributed by atoms with Crippen LogP contribution in [0.25, 0.3) is 11.1 Å². The number of aromatic nitrogens is 1. The van der Waals surface area contributed by atoms with Crippen LogP contribution in [0.4, 0.5) is 14.9 Å². The fourth-order valence-electron chi connectivity index (χ4n) is 2.92. The molecule has 1 saturated carbocycles. The zero-order chi connectivity index (χ0) is 17.4. The molecule has 1 heterocycles. The minimum absolute atomic E-state index is 0.123. The van der Waals surface area contributed by atoms with Crippen LogP contribution in [0.5, 0.6) is 0 Å². The second kappa shape index (κ2) is 5.99. The van der Waals surface area contributed by atoms with E-state index in [0.29, 0.717) is 19.3 Å². The predicted molar refractivity (Wildman–Crippen MR) is 82.3 cm³/mol. The molecule has 1 aliphatic carbocycles. The van der Waals surface area contributed by atoms with Gasteiger partial charge in [-0.05, 0) is 19.3 Å². The van der Waals surface area contributed by atoms with E-state index < -0.39 is 29.5 Å². The number of urea groups is 1. The fraction of sp³-hybridized carbons (Fsp3) is 0.400. The van der Waals surface area contributed by atoms with Gasteiger partial charge >= 0.3 is 17.8 Å². The molecule has 3 rings (SSSR count). The van der Waals surface area contributed by atoms with Crippen LogP contribution in [0.3, 0.4) is 0 Å². The summed E-state index contributed by atoms with van der Waals surface area (Å²) in [6, 6.07) is 1.43. The molecule has 1 aromatic heterocycles. The number of carbonyl (C=O) groups excluding carboxylic acids is 1. The van der Waals surface area contributed by atoms with E-state index in [1.54, 1.807) is 0 Å². The molecule has 0 saturated heterocycles. The lowest BCUT2D eigenvalue weighted by molar-refractivity contribution is -0.141. The molecular formula is C15H16FN3O5. The van der Waals surface area contributed by atoms with Gasteiger partial charge in [-0.15, -0.1) is 0 Å². The zero-order valence-corrected chi connectivity index (χ0v) is 12.8. The van der Waals surface area contributed by atoms with E-state index in [4.69, 9.17) is 9.52 Å². The van der Waals surface area contributed by atoms with E-state index in [-0.39, 0.29) is 22.8 Å². The smallest absolute Gasteiger partial charge is 0.419 e. The number of aryl methyl sites for hydroxylation is 1. The van der Waals surface area contributed by atoms with Crippen LogP contribution in [0, 0.1) is 11.7 Å². The lowest BCUT2D eigenvalue weighted by Crippen LogP contribution is -2.36. The monoisotopic (exact) mass is 337 g/mol. The topological polar surface area (TPSA) is 114 Å². The Hall–Kier alpha value is -2.84. The van der Waals surface area contributed by atoms with Crippen LogP contribution in [0.15, 0.2) is 21.3 Å². The molecule has 0 bridgehead atoms. The quantitative estimate of drug-likeness (QED) is 0.788. The first-order valence-electron chi connectivity index (χ1n) is 7.44. The van der Waals surface area contributed by atoms with Gasteiger partial charge < -0.3 is 20.2 Å². The first-order chi connectivity index (χ1) is 11.3. The number of nitrogens with zero attached hydrogens (tertiary/aromatic N) is 1. The third-order valence-electron chi connectivity index (χ3n) is 4.25. The fourth-order valence-corrected chi connectivity index (χ4v) is 2.92. The van der Waals surface area contributed by atoms with Crippen molar-refractivity contribution in [1.82, 2.24) is 9.88 Å². The van der Waals surface area contributed by atoms with Gasteiger partial charge in [-0.2, -0.15) is 0 Å². The summed E-state index contributed by atoms with van der Waals surface area (Å²) in [5, 5.41) is 13.9. The molecule has 2 atom stereocenters. The number of amides is 2. The molecule has 2 aromatic rings. The maximum Gasteiger partial charge on any atom is 0.419 e. The largest absolute Gasteiger partial charge is 0.481 e. The van der Waals surface area contributed by atoms with Crippen LogP contribution in [0.1, 0.15) is 19.3 Å². The molecule has 1 fully saturated rings. The number of carboxylic acids is 1. The van der Waals surface area contributed by atoms with Crippen LogP contribution >= 0.6 is 0 Å². The number of fused-ring (bicyclic) bond motifs is 1. The molecule has 3 N–H and O–H groups in total. The number of benzene rings is 1. The maximum absolute atomic E-state index is 14.1. The minimum Gasteiger partial charge on any atom is -0.481 e. The van der Waals surface area contributed by atoms with E-state index in [9.17, 15) is 18.8 Å². The van der Waals surface area contributed by atoms with Gasteiger partial charge in [0.1, 0.15) is 5.82 Å². The minimum atomic E-state index is -0.879. The first-order valence-corrected chi connectivity index (χ1v) is 7.44. The second-order valence-electron chi connectivity index (χ2n) is 5.87. The van der Waals surface area contributed by atoms with Gasteiger partial charge in [0.05, 0.1) is 17.1 Å². The summed E-state index contributed by atoms with van der Waals surface area (Å²) in [5.74, 6) is -2.68. The average Bonchev–Trinajstić information content (AvgIpc) is 3.07. The van der Waals surface area contributed by atoms with Crippen molar-refractivity contribution in [2.24, 2.45) is 13.0 Å². The van der Waals surface area contributed by atoms with Crippen molar-refractivity contribution in [2.75, 3.05) is 5.32 Å². The Kier molecular flexibility index (Phi) is 4.00. The van der Waals surface area contributed by atoms with E-state index in [2.05, 4.69) is 10.6 Å². The van der Waals surface area contributed by atoms with Crippen LogP contribution in [0.2, 0.25) is 0 Å². The van der Waals surface area contributed by atoms with Gasteiger partial charge in [0.25, 0.3) is 0 Å². The highest BCUT2D eigenvalue weighted by atomic mass is 19.1. The van der Waals surface area contributed by atoms with Gasteiger partial charge in [0.2, 0.25) is 0 Å². The van der Waals surface area contributed by atoms with Crippen molar-refractivity contribution < 1.29 is 23.5 Å². The maximum atomic E-state index is 14.1. The molecule has 0 radical (unpaired) electrons. The van der Waals surface area contributed by atoms with Crippen molar-refractivity contribution in [3.8, 4) is 0 Å². The number of rotatable bonds is 3. The standard InChI is InChI=1S/C15H16FN3O5/c1-19-11-5-9(16)10(6-12(11)24-15(19)23)18-14(22)17-8-3-2-7(4-8)13(20)21/h5-8H,2-4H2,1H3,(H,20,21)(H2,17,18,22)/t7-,8+/m0/s1. The third kappa shape index (κ3) is 2.97. The second-order valence-corrected chi connectivity index (χ2v) is 5.87. The van der Waals surface area contributed by atoms with Crippen LogP contribution in [-0.4, -0.2) is 27.7 Å². The Labute approximate surface area is 135 Å². The van der Waals surface area contributed by atoms with Crippen molar-refractivity contribution in [1.29, 1.82) is 0 Å². The third-order valence-corrected chi connectivity index (χ3v) is 4.25. The summed E-state index contributed by atoms with van der Waals surface area (Å²) >= 11 is 0. The van der Waals surface area contributed by atoms with Crippen LogP contribution < -0.4 is 16.4 Å². The lowest BCUT2D eigenvalue weighted by Gasteiger charge is -2.13. The van der Waals surface area contributed by atoms with Gasteiger partial charge in [0, 0.05) is 25.2 Å². The Morgan fingerprint density at radius 2 is 2.12 bits per heavy atom. The molecule has 0 aliphatic heterocycles. The number of carboxylic acid groups (broad SMARTS) is 1. The molecule has 128 valence electrons. The Morgan fingerprint density at radius 1 is 1.38 bits per heavy atom. The van der Waals surface area contributed by atoms with Gasteiger partial charge in [-0.3, -0.25) is 9.36 Å². The molecule has 9 heteroatoms. The summed E-state index contributed by atoms with van der Waals surface area (Å²) in [6.45, 7) is 0. The van der Waals surface area contributed by atoms with E-state index >= 15 is 0 Å². The molecule has 8 nitrogen and oxygen atoms in total. The normalized spacial score (nSPS) is 20.2. The van der Waals surface area contributed by atoms with Crippen molar-refractivity contribution in [3.63, 3.8) is 0 Å². The van der Waals surface area contributed by atoms with Crippen molar-refractivity contribution in [3.05, 3.63) is 28.5 Å². The number of hydrogen-bond donors (Lipinski definition) is 3. The van der Waals surface area contributed by atoms with Crippen molar-refractivity contribution in [2.45, 2.75) is 25.3 Å². The van der Waals surface area contributed by atoms with Gasteiger partial charge in [0.15, 0.2) is 5.58 Å². The number of carbonyl (C=O) groups is 2. The number of oxazole rings is 1. The molecule has 2 amide bonds. The number of anilines is 1. The predicted octanol–water partition coefficient (Wildman–Crippen LogP) is 1.65. The number of halogens is 1. The van der Waals surface area contributed by atoms with Crippen LogP contribution in [-0.2, 0) is 11.8 Å². The van der Waals surface area contributed by atoms with E-state index in [0.717, 1.165) is 10.6 Å². The molecule has 24 heavy (non-hydrogen) atoms. The molecule has 0 unspecified atom stereocenters. The van der Waals surface area contributed by atoms with Gasteiger partial charge in [-0.1, -0.05) is 0 Å². The zero-order valence-electron chi connectivity index (χ0n) is 12.8. The molecule has 0 spiro atoms. The molecular weight excluding hydrogens is 321 g/mol. The highest BCUT2D eigenvalue weighted by Gasteiger charge is 2.30. The van der Waals surface area contributed by atoms with Crippen molar-refractivity contribution >= 4 is 28.8 Å². The average molecular weight is 337 g/mol. The molecule has 1 aliphatic rings. The first kappa shape index (κ1) is 16.0. The van der Waals surface area contributed by atoms with E-state index in [1.807, 2.05) is 0 Å². The Balaban J connectivity index is 1.70. The Bertz CT molecular complexity index is 872. The lowest BCUT2D eigenvalue weighted by atomic mass is 10.1. The summed E-state index contributed by atoms with van der Waals surface area (Å²) < 4.78 is 20.2. The molecule has 1 aromatic carbocycles. The van der Waals surface area contributed by atoms with Gasteiger partial charge in [-0.25, -0.2) is 14.0 Å². The Morgan fingerprint density at radius 3 is 2.79 bits per heavy atom. The SMILES string of the molecule is Cn1c(=O)oc2cc(NC(=O)N[C@@H]3CC[C@H](C(=O)O)C3)c(F)cc21. The highest BCUT2D eigenvalue weighted by molar-refractivity contribution is 5.92. The summed E-state index contributed by atoms with van der Waals surface area (Å²) in [4.78, 5) is 34.3. The summed E-state index contributed by atoms with van der Waals surface area (Å²) in [5.41, 5.74) is 0.316. The number of nitrogens with one attached hydrogen (secondary N) is 2. The summed E-state index contributed by atoms with van der Waals surface area (Å²) in [6.07, 6.45) is 1.40. The summed E-state index contributed by atoms with van der Waals surface area (Å²) in [7, 11) is 1.45. The van der Waals surface area contributed by atoms with E-state index in [1.165, 1.54) is 13.1 Å². The number of aliphatic carboxylic acids is 1.